The van der Waals surface area contributed by atoms with Crippen molar-refractivity contribution in [2.24, 2.45) is 0 Å². The van der Waals surface area contributed by atoms with Crippen LogP contribution in [0.3, 0.4) is 0 Å². The maximum atomic E-state index is 12.7. The largest absolute Gasteiger partial charge is 0.478 e. The molecular formula is C15H16N4O3. The molecule has 2 N–H and O–H groups in total. The fraction of sp³-hybridized carbons (Fsp3) is 0.333. The first-order chi connectivity index (χ1) is 10.7. The lowest BCUT2D eigenvalue weighted by molar-refractivity contribution is 0.0584. The van der Waals surface area contributed by atoms with Crippen molar-refractivity contribution in [3.63, 3.8) is 0 Å². The fourth-order valence-corrected chi connectivity index (χ4v) is 2.83. The van der Waals surface area contributed by atoms with Gasteiger partial charge >= 0.3 is 5.97 Å². The Labute approximate surface area is 127 Å². The Morgan fingerprint density at radius 1 is 1.32 bits per heavy atom. The lowest BCUT2D eigenvalue weighted by atomic mass is 9.96. The number of rotatable bonds is 3. The lowest BCUT2D eigenvalue weighted by Crippen LogP contribution is -2.39. The van der Waals surface area contributed by atoms with E-state index in [9.17, 15) is 14.7 Å². The van der Waals surface area contributed by atoms with E-state index >= 15 is 0 Å². The minimum absolute atomic E-state index is 0.116. The minimum atomic E-state index is -1.04. The van der Waals surface area contributed by atoms with Crippen LogP contribution in [-0.4, -0.2) is 43.6 Å². The first kappa shape index (κ1) is 14.2. The van der Waals surface area contributed by atoms with Crippen LogP contribution in [0, 0.1) is 0 Å². The number of likely N-dealkylation sites (tertiary alicyclic amines) is 1. The molecule has 114 valence electrons. The van der Waals surface area contributed by atoms with E-state index in [-0.39, 0.29) is 17.5 Å². The molecule has 1 amide bonds. The van der Waals surface area contributed by atoms with Gasteiger partial charge in [0.1, 0.15) is 11.3 Å². The Hall–Kier alpha value is -2.70. The molecule has 2 aromatic heterocycles. The molecule has 1 aliphatic heterocycles. The third kappa shape index (κ3) is 2.57. The van der Waals surface area contributed by atoms with Gasteiger partial charge in [-0.3, -0.25) is 14.9 Å². The standard InChI is InChI=1S/C15H16N4O3/c20-14(11-5-1-3-7-16-11)19-8-4-2-6-12(19)13-10(15(21)22)9-17-18-13/h1,3,5,7,9,12H,2,4,6,8H2,(H,17,18)(H,21,22). The van der Waals surface area contributed by atoms with E-state index in [2.05, 4.69) is 15.2 Å². The number of nitrogens with zero attached hydrogens (tertiary/aromatic N) is 3. The van der Waals surface area contributed by atoms with Gasteiger partial charge in [0.25, 0.3) is 5.91 Å². The zero-order valence-corrected chi connectivity index (χ0v) is 11.9. The summed E-state index contributed by atoms with van der Waals surface area (Å²) in [5, 5.41) is 15.8. The van der Waals surface area contributed by atoms with Crippen LogP contribution in [0.1, 0.15) is 51.8 Å². The van der Waals surface area contributed by atoms with Crippen molar-refractivity contribution < 1.29 is 14.7 Å². The van der Waals surface area contributed by atoms with E-state index in [0.717, 1.165) is 12.8 Å². The molecule has 2 aromatic rings. The second kappa shape index (κ2) is 5.97. The number of hydrogen-bond donors (Lipinski definition) is 2. The number of aromatic carboxylic acids is 1. The number of carbonyl (C=O) groups excluding carboxylic acids is 1. The summed E-state index contributed by atoms with van der Waals surface area (Å²) in [6.45, 7) is 0.582. The predicted molar refractivity (Wildman–Crippen MR) is 77.4 cm³/mol. The van der Waals surface area contributed by atoms with Crippen molar-refractivity contribution >= 4 is 11.9 Å². The number of nitrogens with one attached hydrogen (secondary N) is 1. The molecule has 7 heteroatoms. The second-order valence-electron chi connectivity index (χ2n) is 5.23. The summed E-state index contributed by atoms with van der Waals surface area (Å²) < 4.78 is 0. The van der Waals surface area contributed by atoms with Gasteiger partial charge in [-0.25, -0.2) is 4.79 Å². The van der Waals surface area contributed by atoms with Crippen molar-refractivity contribution in [1.29, 1.82) is 0 Å². The van der Waals surface area contributed by atoms with Crippen LogP contribution in [0.4, 0.5) is 0 Å². The number of aromatic amines is 1. The van der Waals surface area contributed by atoms with E-state index < -0.39 is 5.97 Å². The number of H-pyrrole nitrogens is 1. The summed E-state index contributed by atoms with van der Waals surface area (Å²) in [7, 11) is 0. The number of piperidine rings is 1. The van der Waals surface area contributed by atoms with Crippen LogP contribution in [0.15, 0.2) is 30.6 Å². The molecule has 3 rings (SSSR count). The number of hydrogen-bond acceptors (Lipinski definition) is 4. The van der Waals surface area contributed by atoms with E-state index in [1.54, 1.807) is 29.3 Å². The molecule has 1 atom stereocenters. The Morgan fingerprint density at radius 3 is 2.91 bits per heavy atom. The summed E-state index contributed by atoms with van der Waals surface area (Å²) in [6, 6.07) is 4.87. The smallest absolute Gasteiger partial charge is 0.339 e. The number of carboxylic acid groups (broad SMARTS) is 1. The molecule has 1 aliphatic rings. The Bertz CT molecular complexity index is 683. The van der Waals surface area contributed by atoms with Gasteiger partial charge in [-0.1, -0.05) is 6.07 Å². The van der Waals surface area contributed by atoms with E-state index in [0.29, 0.717) is 24.4 Å². The van der Waals surface area contributed by atoms with Crippen molar-refractivity contribution in [3.05, 3.63) is 47.5 Å². The number of amides is 1. The van der Waals surface area contributed by atoms with Crippen LogP contribution >= 0.6 is 0 Å². The number of carbonyl (C=O) groups is 2. The zero-order chi connectivity index (χ0) is 15.5. The van der Waals surface area contributed by atoms with Crippen LogP contribution in [0.25, 0.3) is 0 Å². The van der Waals surface area contributed by atoms with Crippen molar-refractivity contribution in [2.75, 3.05) is 6.54 Å². The normalized spacial score (nSPS) is 18.2. The van der Waals surface area contributed by atoms with Gasteiger partial charge in [-0.2, -0.15) is 5.10 Å². The van der Waals surface area contributed by atoms with E-state index in [4.69, 9.17) is 0 Å². The average molecular weight is 300 g/mol. The van der Waals surface area contributed by atoms with Crippen LogP contribution < -0.4 is 0 Å². The van der Waals surface area contributed by atoms with Gasteiger partial charge in [0, 0.05) is 12.7 Å². The van der Waals surface area contributed by atoms with E-state index in [1.165, 1.54) is 6.20 Å². The molecule has 7 nitrogen and oxygen atoms in total. The quantitative estimate of drug-likeness (QED) is 0.901. The molecule has 1 unspecified atom stereocenters. The highest BCUT2D eigenvalue weighted by molar-refractivity contribution is 5.93. The Morgan fingerprint density at radius 2 is 2.18 bits per heavy atom. The molecule has 1 fully saturated rings. The van der Waals surface area contributed by atoms with Gasteiger partial charge in [0.2, 0.25) is 0 Å². The molecule has 1 saturated heterocycles. The molecule has 0 saturated carbocycles. The molecule has 0 aromatic carbocycles. The highest BCUT2D eigenvalue weighted by atomic mass is 16.4. The molecule has 3 heterocycles. The molecular weight excluding hydrogens is 284 g/mol. The van der Waals surface area contributed by atoms with Gasteiger partial charge in [-0.05, 0) is 31.4 Å². The first-order valence-electron chi connectivity index (χ1n) is 7.17. The summed E-state index contributed by atoms with van der Waals surface area (Å²) in [5.74, 6) is -1.23. The topological polar surface area (TPSA) is 99.2 Å². The third-order valence-electron chi connectivity index (χ3n) is 3.88. The molecule has 22 heavy (non-hydrogen) atoms. The molecule has 0 spiro atoms. The Balaban J connectivity index is 1.93. The van der Waals surface area contributed by atoms with Gasteiger partial charge in [0.05, 0.1) is 17.9 Å². The first-order valence-corrected chi connectivity index (χ1v) is 7.17. The highest BCUT2D eigenvalue weighted by Gasteiger charge is 2.33. The molecule has 0 bridgehead atoms. The number of carboxylic acids is 1. The van der Waals surface area contributed by atoms with E-state index in [1.807, 2.05) is 0 Å². The molecule has 0 aliphatic carbocycles. The van der Waals surface area contributed by atoms with Crippen molar-refractivity contribution in [3.8, 4) is 0 Å². The SMILES string of the molecule is O=C(O)c1cn[nH]c1C1CCCCN1C(=O)c1ccccn1. The number of aromatic nitrogens is 3. The predicted octanol–water partition coefficient (Wildman–Crippen LogP) is 1.87. The monoisotopic (exact) mass is 300 g/mol. The zero-order valence-electron chi connectivity index (χ0n) is 11.9. The summed E-state index contributed by atoms with van der Waals surface area (Å²) in [6.07, 6.45) is 5.40. The summed E-state index contributed by atoms with van der Waals surface area (Å²) >= 11 is 0. The maximum Gasteiger partial charge on any atom is 0.339 e. The van der Waals surface area contributed by atoms with Gasteiger partial charge < -0.3 is 10.0 Å². The summed E-state index contributed by atoms with van der Waals surface area (Å²) in [5.41, 5.74) is 0.966. The van der Waals surface area contributed by atoms with Crippen molar-refractivity contribution in [2.45, 2.75) is 25.3 Å². The molecule has 0 radical (unpaired) electrons. The lowest BCUT2D eigenvalue weighted by Gasteiger charge is -2.35. The minimum Gasteiger partial charge on any atom is -0.478 e. The van der Waals surface area contributed by atoms with Crippen molar-refractivity contribution in [1.82, 2.24) is 20.1 Å². The number of pyridine rings is 1. The van der Waals surface area contributed by atoms with Crippen LogP contribution in [0.5, 0.6) is 0 Å². The van der Waals surface area contributed by atoms with Gasteiger partial charge in [-0.15, -0.1) is 0 Å². The average Bonchev–Trinajstić information content (AvgIpc) is 3.05. The Kier molecular flexibility index (Phi) is 3.86. The second-order valence-corrected chi connectivity index (χ2v) is 5.23. The third-order valence-corrected chi connectivity index (χ3v) is 3.88. The highest BCUT2D eigenvalue weighted by Crippen LogP contribution is 2.32. The van der Waals surface area contributed by atoms with Gasteiger partial charge in [0.15, 0.2) is 0 Å². The maximum absolute atomic E-state index is 12.7. The summed E-state index contributed by atoms with van der Waals surface area (Å²) in [4.78, 5) is 29.7. The van der Waals surface area contributed by atoms with Crippen LogP contribution in [-0.2, 0) is 0 Å². The van der Waals surface area contributed by atoms with Crippen LogP contribution in [0.2, 0.25) is 0 Å². The fourth-order valence-electron chi connectivity index (χ4n) is 2.83.